The van der Waals surface area contributed by atoms with E-state index < -0.39 is 0 Å². The van der Waals surface area contributed by atoms with Crippen molar-refractivity contribution < 1.29 is 0 Å². The molecule has 2 nitrogen and oxygen atoms in total. The molecule has 1 saturated heterocycles. The van der Waals surface area contributed by atoms with Gasteiger partial charge in [0.05, 0.1) is 0 Å². The second kappa shape index (κ2) is 7.46. The van der Waals surface area contributed by atoms with E-state index in [1.54, 1.807) is 0 Å². The molecular formula is C20H26N2. The molecule has 3 rings (SSSR count). The highest BCUT2D eigenvalue weighted by Gasteiger charge is 2.25. The van der Waals surface area contributed by atoms with E-state index in [1.807, 2.05) is 0 Å². The van der Waals surface area contributed by atoms with Gasteiger partial charge in [-0.3, -0.25) is 0 Å². The van der Waals surface area contributed by atoms with E-state index in [1.165, 1.54) is 30.6 Å². The molecule has 1 fully saturated rings. The second-order valence-corrected chi connectivity index (χ2v) is 6.32. The molecule has 1 heterocycles. The molecule has 0 saturated carbocycles. The summed E-state index contributed by atoms with van der Waals surface area (Å²) < 4.78 is 0. The Balaban J connectivity index is 1.53. The summed E-state index contributed by atoms with van der Waals surface area (Å²) in [5.41, 5.74) is 2.81. The highest BCUT2D eigenvalue weighted by Crippen LogP contribution is 2.25. The maximum atomic E-state index is 2.58. The van der Waals surface area contributed by atoms with Crippen LogP contribution in [0.4, 0.5) is 5.69 Å². The smallest absolute Gasteiger partial charge is 0.0417 e. The van der Waals surface area contributed by atoms with Gasteiger partial charge in [0, 0.05) is 31.4 Å². The fraction of sp³-hybridized carbons (Fsp3) is 0.400. The first-order chi connectivity index (χ1) is 10.8. The zero-order valence-corrected chi connectivity index (χ0v) is 13.5. The number of hydrogen-bond acceptors (Lipinski definition) is 2. The summed E-state index contributed by atoms with van der Waals surface area (Å²) in [5, 5.41) is 0. The molecule has 0 N–H and O–H groups in total. The first-order valence-electron chi connectivity index (χ1n) is 8.37. The molecule has 1 unspecified atom stereocenters. The number of anilines is 1. The minimum absolute atomic E-state index is 0.656. The number of likely N-dealkylation sites (N-methyl/N-ethyl adjacent to an activating group) is 1. The van der Waals surface area contributed by atoms with Crippen LogP contribution in [0.15, 0.2) is 60.7 Å². The van der Waals surface area contributed by atoms with Crippen LogP contribution in [-0.2, 0) is 6.42 Å². The Bertz CT molecular complexity index is 552. The van der Waals surface area contributed by atoms with Crippen LogP contribution in [0, 0.1) is 0 Å². The van der Waals surface area contributed by atoms with E-state index in [-0.39, 0.29) is 0 Å². The molecule has 1 aliphatic rings. The first kappa shape index (κ1) is 15.1. The van der Waals surface area contributed by atoms with Crippen molar-refractivity contribution >= 4 is 5.69 Å². The normalized spacial score (nSPS) is 18.1. The molecule has 0 amide bonds. The van der Waals surface area contributed by atoms with Crippen molar-refractivity contribution in [2.24, 2.45) is 0 Å². The molecule has 116 valence electrons. The quantitative estimate of drug-likeness (QED) is 0.799. The lowest BCUT2D eigenvalue weighted by Crippen LogP contribution is -2.39. The molecule has 0 aromatic heterocycles. The molecule has 0 bridgehead atoms. The summed E-state index contributed by atoms with van der Waals surface area (Å²) in [6, 6.07) is 22.3. The molecule has 0 aliphatic carbocycles. The van der Waals surface area contributed by atoms with Gasteiger partial charge in [-0.05, 0) is 44.0 Å². The van der Waals surface area contributed by atoms with E-state index in [9.17, 15) is 0 Å². The van der Waals surface area contributed by atoms with E-state index >= 15 is 0 Å². The molecule has 0 spiro atoms. The van der Waals surface area contributed by atoms with Crippen LogP contribution in [0.25, 0.3) is 0 Å². The van der Waals surface area contributed by atoms with Crippen LogP contribution < -0.4 is 4.90 Å². The number of benzene rings is 2. The van der Waals surface area contributed by atoms with Crippen molar-refractivity contribution in [3.8, 4) is 0 Å². The van der Waals surface area contributed by atoms with Crippen LogP contribution in [0.5, 0.6) is 0 Å². The number of para-hydroxylation sites is 1. The Morgan fingerprint density at radius 2 is 1.68 bits per heavy atom. The topological polar surface area (TPSA) is 6.48 Å². The predicted molar refractivity (Wildman–Crippen MR) is 94.5 cm³/mol. The zero-order chi connectivity index (χ0) is 15.2. The third-order valence-corrected chi connectivity index (χ3v) is 4.61. The van der Waals surface area contributed by atoms with Crippen molar-refractivity contribution in [3.05, 3.63) is 66.2 Å². The fourth-order valence-electron chi connectivity index (χ4n) is 3.40. The van der Waals surface area contributed by atoms with Gasteiger partial charge in [-0.1, -0.05) is 48.5 Å². The largest absolute Gasteiger partial charge is 0.367 e. The third-order valence-electron chi connectivity index (χ3n) is 4.61. The molecule has 2 aromatic rings. The van der Waals surface area contributed by atoms with Crippen LogP contribution in [-0.4, -0.2) is 37.6 Å². The van der Waals surface area contributed by atoms with Crippen LogP contribution >= 0.6 is 0 Å². The van der Waals surface area contributed by atoms with Gasteiger partial charge in [-0.2, -0.15) is 0 Å². The summed E-state index contributed by atoms with van der Waals surface area (Å²) in [4.78, 5) is 5.07. The predicted octanol–water partition coefficient (Wildman–Crippen LogP) is 3.83. The van der Waals surface area contributed by atoms with Crippen molar-refractivity contribution in [1.29, 1.82) is 0 Å². The minimum atomic E-state index is 0.656. The average molecular weight is 294 g/mol. The van der Waals surface area contributed by atoms with Crippen molar-refractivity contribution in [3.63, 3.8) is 0 Å². The molecule has 0 radical (unpaired) electrons. The number of hydrogen-bond donors (Lipinski definition) is 0. The minimum Gasteiger partial charge on any atom is -0.367 e. The van der Waals surface area contributed by atoms with Crippen molar-refractivity contribution in [1.82, 2.24) is 4.90 Å². The van der Waals surface area contributed by atoms with Gasteiger partial charge >= 0.3 is 0 Å². The van der Waals surface area contributed by atoms with Crippen LogP contribution in [0.2, 0.25) is 0 Å². The molecular weight excluding hydrogens is 268 g/mol. The average Bonchev–Trinajstić information content (AvgIpc) is 3.03. The zero-order valence-electron chi connectivity index (χ0n) is 13.5. The Kier molecular flexibility index (Phi) is 5.12. The van der Waals surface area contributed by atoms with E-state index in [4.69, 9.17) is 0 Å². The fourth-order valence-corrected chi connectivity index (χ4v) is 3.40. The third kappa shape index (κ3) is 3.89. The maximum Gasteiger partial charge on any atom is 0.0417 e. The second-order valence-electron chi connectivity index (χ2n) is 6.32. The molecule has 2 aromatic carbocycles. The summed E-state index contributed by atoms with van der Waals surface area (Å²) in [7, 11) is 2.25. The standard InChI is InChI=1S/C20H26N2/c1-21(16-14-18-9-4-2-5-10-18)17-20-13-8-15-22(20)19-11-6-3-7-12-19/h2-7,9-12,20H,8,13-17H2,1H3. The summed E-state index contributed by atoms with van der Waals surface area (Å²) in [6.07, 6.45) is 3.76. The SMILES string of the molecule is CN(CCc1ccccc1)CC1CCCN1c1ccccc1. The van der Waals surface area contributed by atoms with Gasteiger partial charge in [0.2, 0.25) is 0 Å². The van der Waals surface area contributed by atoms with Gasteiger partial charge in [0.25, 0.3) is 0 Å². The van der Waals surface area contributed by atoms with Crippen molar-refractivity contribution in [2.75, 3.05) is 31.6 Å². The molecule has 22 heavy (non-hydrogen) atoms. The van der Waals surface area contributed by atoms with Crippen LogP contribution in [0.1, 0.15) is 18.4 Å². The molecule has 1 atom stereocenters. The highest BCUT2D eigenvalue weighted by molar-refractivity contribution is 5.48. The monoisotopic (exact) mass is 294 g/mol. The maximum absolute atomic E-state index is 2.58. The number of rotatable bonds is 6. The lowest BCUT2D eigenvalue weighted by Gasteiger charge is -2.30. The van der Waals surface area contributed by atoms with E-state index in [0.29, 0.717) is 6.04 Å². The summed E-state index contributed by atoms with van der Waals surface area (Å²) in [6.45, 7) is 3.48. The molecule has 2 heteroatoms. The van der Waals surface area contributed by atoms with E-state index in [2.05, 4.69) is 77.5 Å². The van der Waals surface area contributed by atoms with Crippen molar-refractivity contribution in [2.45, 2.75) is 25.3 Å². The Morgan fingerprint density at radius 1 is 1.00 bits per heavy atom. The van der Waals surface area contributed by atoms with Gasteiger partial charge in [0.1, 0.15) is 0 Å². The van der Waals surface area contributed by atoms with Gasteiger partial charge in [-0.25, -0.2) is 0 Å². The number of nitrogens with zero attached hydrogens (tertiary/aromatic N) is 2. The Hall–Kier alpha value is -1.80. The van der Waals surface area contributed by atoms with Crippen LogP contribution in [0.3, 0.4) is 0 Å². The highest BCUT2D eigenvalue weighted by atomic mass is 15.2. The summed E-state index contributed by atoms with van der Waals surface area (Å²) >= 11 is 0. The lowest BCUT2D eigenvalue weighted by atomic mass is 10.1. The first-order valence-corrected chi connectivity index (χ1v) is 8.37. The van der Waals surface area contributed by atoms with Gasteiger partial charge in [0.15, 0.2) is 0 Å². The lowest BCUT2D eigenvalue weighted by molar-refractivity contribution is 0.314. The summed E-state index contributed by atoms with van der Waals surface area (Å²) in [5.74, 6) is 0. The Labute approximate surface area is 134 Å². The Morgan fingerprint density at radius 3 is 2.41 bits per heavy atom. The molecule has 1 aliphatic heterocycles. The van der Waals surface area contributed by atoms with E-state index in [0.717, 1.165) is 19.5 Å². The van der Waals surface area contributed by atoms with Gasteiger partial charge in [-0.15, -0.1) is 0 Å². The van der Waals surface area contributed by atoms with Gasteiger partial charge < -0.3 is 9.80 Å².